The lowest BCUT2D eigenvalue weighted by atomic mass is 9.93. The van der Waals surface area contributed by atoms with Crippen LogP contribution in [-0.2, 0) is 6.42 Å². The van der Waals surface area contributed by atoms with E-state index in [1.54, 1.807) is 0 Å². The summed E-state index contributed by atoms with van der Waals surface area (Å²) in [6, 6.07) is 4.52. The minimum Gasteiger partial charge on any atom is -0.324 e. The maximum atomic E-state index is 6.14. The van der Waals surface area contributed by atoms with E-state index in [0.717, 1.165) is 18.5 Å². The molecule has 1 aliphatic carbocycles. The molecule has 0 amide bonds. The van der Waals surface area contributed by atoms with Crippen LogP contribution in [0.5, 0.6) is 0 Å². The fourth-order valence-electron chi connectivity index (χ4n) is 2.64. The largest absolute Gasteiger partial charge is 0.324 e. The molecule has 0 aromatic carbocycles. The third-order valence-electron chi connectivity index (χ3n) is 3.49. The number of aryl methyl sites for hydroxylation is 1. The number of nitrogens with two attached hydrogens (primary N) is 1. The average molecular weight is 227 g/mol. The highest BCUT2D eigenvalue weighted by Gasteiger charge is 2.20. The van der Waals surface area contributed by atoms with Crippen LogP contribution in [0, 0.1) is 6.92 Å². The van der Waals surface area contributed by atoms with Crippen molar-refractivity contribution in [3.8, 4) is 5.69 Å². The van der Waals surface area contributed by atoms with Crippen LogP contribution in [0.3, 0.4) is 0 Å². The highest BCUT2D eigenvalue weighted by atomic mass is 15.0. The summed E-state index contributed by atoms with van der Waals surface area (Å²) in [5.74, 6) is 0. The van der Waals surface area contributed by atoms with Crippen molar-refractivity contribution in [2.75, 3.05) is 0 Å². The third-order valence-corrected chi connectivity index (χ3v) is 3.49. The van der Waals surface area contributed by atoms with Gasteiger partial charge in [-0.1, -0.05) is 0 Å². The highest BCUT2D eigenvalue weighted by molar-refractivity contribution is 5.40. The number of aromatic nitrogens is 2. The topological polar surface area (TPSA) is 43.8 Å². The molecular formula is C14H17N3. The van der Waals surface area contributed by atoms with Gasteiger partial charge in [0, 0.05) is 24.1 Å². The molecule has 88 valence electrons. The molecule has 0 fully saturated rings. The summed E-state index contributed by atoms with van der Waals surface area (Å²) in [5, 5.41) is 0. The fourth-order valence-corrected chi connectivity index (χ4v) is 2.64. The zero-order valence-corrected chi connectivity index (χ0v) is 10.1. The molecule has 17 heavy (non-hydrogen) atoms. The van der Waals surface area contributed by atoms with Crippen LogP contribution in [0.15, 0.2) is 30.7 Å². The lowest BCUT2D eigenvalue weighted by molar-refractivity contribution is 0.560. The first-order valence-electron chi connectivity index (χ1n) is 6.13. The highest BCUT2D eigenvalue weighted by Crippen LogP contribution is 2.30. The second kappa shape index (κ2) is 4.00. The van der Waals surface area contributed by atoms with Gasteiger partial charge in [0.25, 0.3) is 0 Å². The van der Waals surface area contributed by atoms with Gasteiger partial charge >= 0.3 is 0 Å². The zero-order chi connectivity index (χ0) is 11.8. The van der Waals surface area contributed by atoms with E-state index in [2.05, 4.69) is 34.8 Å². The van der Waals surface area contributed by atoms with Crippen molar-refractivity contribution >= 4 is 0 Å². The summed E-state index contributed by atoms with van der Waals surface area (Å²) < 4.78 is 2.23. The lowest BCUT2D eigenvalue weighted by Crippen LogP contribution is -2.17. The van der Waals surface area contributed by atoms with Crippen molar-refractivity contribution in [2.24, 2.45) is 5.73 Å². The Balaban J connectivity index is 2.10. The van der Waals surface area contributed by atoms with Crippen LogP contribution in [0.4, 0.5) is 0 Å². The van der Waals surface area contributed by atoms with Gasteiger partial charge in [0.1, 0.15) is 0 Å². The molecule has 0 radical (unpaired) electrons. The molecule has 0 bridgehead atoms. The summed E-state index contributed by atoms with van der Waals surface area (Å²) in [7, 11) is 0. The standard InChI is InChI=1S/C14H17N3/c1-10-7-11(9-16-8-10)17-6-5-12-13(15)3-2-4-14(12)17/h5-9,13H,2-4,15H2,1H3. The van der Waals surface area contributed by atoms with Crippen molar-refractivity contribution < 1.29 is 0 Å². The molecule has 1 atom stereocenters. The molecule has 3 rings (SSSR count). The maximum Gasteiger partial charge on any atom is 0.0638 e. The number of pyridine rings is 1. The molecule has 3 nitrogen and oxygen atoms in total. The summed E-state index contributed by atoms with van der Waals surface area (Å²) in [6.45, 7) is 2.07. The van der Waals surface area contributed by atoms with Crippen LogP contribution in [0.25, 0.3) is 5.69 Å². The van der Waals surface area contributed by atoms with E-state index < -0.39 is 0 Å². The van der Waals surface area contributed by atoms with E-state index >= 15 is 0 Å². The number of rotatable bonds is 1. The fraction of sp³-hybridized carbons (Fsp3) is 0.357. The maximum absolute atomic E-state index is 6.14. The average Bonchev–Trinajstić information content (AvgIpc) is 2.74. The van der Waals surface area contributed by atoms with Gasteiger partial charge in [0.15, 0.2) is 0 Å². The van der Waals surface area contributed by atoms with Gasteiger partial charge in [0.05, 0.1) is 11.9 Å². The third kappa shape index (κ3) is 1.76. The summed E-state index contributed by atoms with van der Waals surface area (Å²) >= 11 is 0. The van der Waals surface area contributed by atoms with Gasteiger partial charge in [-0.3, -0.25) is 4.98 Å². The second-order valence-electron chi connectivity index (χ2n) is 4.81. The first kappa shape index (κ1) is 10.5. The van der Waals surface area contributed by atoms with Crippen molar-refractivity contribution in [2.45, 2.75) is 32.2 Å². The van der Waals surface area contributed by atoms with Crippen molar-refractivity contribution in [3.05, 3.63) is 47.5 Å². The normalized spacial score (nSPS) is 19.1. The molecule has 2 heterocycles. The van der Waals surface area contributed by atoms with Gasteiger partial charge in [-0.05, 0) is 49.4 Å². The monoisotopic (exact) mass is 227 g/mol. The van der Waals surface area contributed by atoms with Crippen molar-refractivity contribution in [1.29, 1.82) is 0 Å². The Hall–Kier alpha value is -1.61. The van der Waals surface area contributed by atoms with Gasteiger partial charge in [-0.15, -0.1) is 0 Å². The Bertz CT molecular complexity index is 542. The molecule has 0 saturated heterocycles. The molecule has 1 unspecified atom stereocenters. The summed E-state index contributed by atoms with van der Waals surface area (Å²) in [6.07, 6.45) is 9.30. The molecule has 2 N–H and O–H groups in total. The second-order valence-corrected chi connectivity index (χ2v) is 4.81. The van der Waals surface area contributed by atoms with Crippen molar-refractivity contribution in [3.63, 3.8) is 0 Å². The van der Waals surface area contributed by atoms with Crippen LogP contribution < -0.4 is 5.73 Å². The van der Waals surface area contributed by atoms with Gasteiger partial charge in [-0.2, -0.15) is 0 Å². The molecule has 1 aliphatic rings. The molecular weight excluding hydrogens is 210 g/mol. The Morgan fingerprint density at radius 2 is 2.29 bits per heavy atom. The van der Waals surface area contributed by atoms with Gasteiger partial charge in [-0.25, -0.2) is 0 Å². The van der Waals surface area contributed by atoms with E-state index in [1.807, 2.05) is 12.4 Å². The molecule has 0 aliphatic heterocycles. The van der Waals surface area contributed by atoms with Crippen LogP contribution in [0.2, 0.25) is 0 Å². The molecule has 3 heteroatoms. The van der Waals surface area contributed by atoms with Crippen LogP contribution in [0.1, 0.15) is 35.7 Å². The van der Waals surface area contributed by atoms with Crippen LogP contribution in [-0.4, -0.2) is 9.55 Å². The molecule has 2 aromatic rings. The Morgan fingerprint density at radius 3 is 3.12 bits per heavy atom. The molecule has 0 spiro atoms. The lowest BCUT2D eigenvalue weighted by Gasteiger charge is -2.20. The molecule has 2 aromatic heterocycles. The Kier molecular flexibility index (Phi) is 2.48. The SMILES string of the molecule is Cc1cncc(-n2ccc3c2CCCC3N)c1. The van der Waals surface area contributed by atoms with Gasteiger partial charge in [0.2, 0.25) is 0 Å². The summed E-state index contributed by atoms with van der Waals surface area (Å²) in [4.78, 5) is 4.26. The number of fused-ring (bicyclic) bond motifs is 1. The van der Waals surface area contributed by atoms with E-state index in [4.69, 9.17) is 5.73 Å². The summed E-state index contributed by atoms with van der Waals surface area (Å²) in [5.41, 5.74) is 11.1. The van der Waals surface area contributed by atoms with E-state index in [-0.39, 0.29) is 6.04 Å². The Morgan fingerprint density at radius 1 is 1.41 bits per heavy atom. The Labute approximate surface area is 101 Å². The number of hydrogen-bond acceptors (Lipinski definition) is 2. The van der Waals surface area contributed by atoms with E-state index in [0.29, 0.717) is 0 Å². The minimum absolute atomic E-state index is 0.206. The van der Waals surface area contributed by atoms with E-state index in [1.165, 1.54) is 23.2 Å². The zero-order valence-electron chi connectivity index (χ0n) is 10.1. The van der Waals surface area contributed by atoms with Crippen LogP contribution >= 0.6 is 0 Å². The molecule has 0 saturated carbocycles. The first-order valence-corrected chi connectivity index (χ1v) is 6.13. The first-order chi connectivity index (χ1) is 8.25. The number of hydrogen-bond donors (Lipinski definition) is 1. The smallest absolute Gasteiger partial charge is 0.0638 e. The predicted molar refractivity (Wildman–Crippen MR) is 68.2 cm³/mol. The van der Waals surface area contributed by atoms with Crippen molar-refractivity contribution in [1.82, 2.24) is 9.55 Å². The quantitative estimate of drug-likeness (QED) is 0.813. The number of nitrogens with zero attached hydrogens (tertiary/aromatic N) is 2. The van der Waals surface area contributed by atoms with Gasteiger partial charge < -0.3 is 10.3 Å². The minimum atomic E-state index is 0.206. The predicted octanol–water partition coefficient (Wildman–Crippen LogP) is 2.52. The van der Waals surface area contributed by atoms with E-state index in [9.17, 15) is 0 Å².